The summed E-state index contributed by atoms with van der Waals surface area (Å²) in [7, 11) is 0. The van der Waals surface area contributed by atoms with Crippen molar-refractivity contribution in [2.24, 2.45) is 10.9 Å². The Hall–Kier alpha value is -2.93. The zero-order valence-corrected chi connectivity index (χ0v) is 19.0. The molecule has 1 atom stereocenters. The predicted molar refractivity (Wildman–Crippen MR) is 128 cm³/mol. The fraction of sp³-hybridized carbons (Fsp3) is 0.320. The van der Waals surface area contributed by atoms with Crippen molar-refractivity contribution in [1.82, 2.24) is 4.90 Å². The van der Waals surface area contributed by atoms with Gasteiger partial charge in [-0.05, 0) is 61.6 Å². The van der Waals surface area contributed by atoms with Crippen LogP contribution in [0.5, 0.6) is 0 Å². The lowest BCUT2D eigenvalue weighted by Gasteiger charge is -2.32. The highest BCUT2D eigenvalue weighted by atomic mass is 32.2. The molecule has 0 bridgehead atoms. The fourth-order valence-electron chi connectivity index (χ4n) is 3.79. The van der Waals surface area contributed by atoms with Gasteiger partial charge in [-0.2, -0.15) is 0 Å². The van der Waals surface area contributed by atoms with Gasteiger partial charge in [0.05, 0.1) is 10.9 Å². The van der Waals surface area contributed by atoms with E-state index >= 15 is 0 Å². The van der Waals surface area contributed by atoms with Crippen LogP contribution < -0.4 is 4.90 Å². The molecular weight excluding hydrogens is 425 g/mol. The van der Waals surface area contributed by atoms with Gasteiger partial charge in [-0.3, -0.25) is 14.5 Å². The summed E-state index contributed by atoms with van der Waals surface area (Å²) in [5, 5.41) is 0.0315. The number of aliphatic imine (C=N–C) groups is 1. The topological polar surface area (TPSA) is 53.0 Å². The van der Waals surface area contributed by atoms with E-state index in [1.807, 2.05) is 42.2 Å². The Balaban J connectivity index is 1.60. The number of carbonyl (C=O) groups is 2. The maximum absolute atomic E-state index is 13.5. The van der Waals surface area contributed by atoms with Gasteiger partial charge in [0.15, 0.2) is 5.17 Å². The lowest BCUT2D eigenvalue weighted by Crippen LogP contribution is -2.42. The maximum Gasteiger partial charge on any atom is 0.283 e. The molecule has 0 aromatic heterocycles. The first-order chi connectivity index (χ1) is 15.4. The molecule has 2 heterocycles. The Labute approximate surface area is 192 Å². The summed E-state index contributed by atoms with van der Waals surface area (Å²) in [5.41, 5.74) is 1.66. The summed E-state index contributed by atoms with van der Waals surface area (Å²) in [6.45, 7) is 5.58. The number of halogens is 1. The smallest absolute Gasteiger partial charge is 0.283 e. The minimum Gasteiger partial charge on any atom is -0.342 e. The Kier molecular flexibility index (Phi) is 6.74. The summed E-state index contributed by atoms with van der Waals surface area (Å²) in [4.78, 5) is 34.2. The van der Waals surface area contributed by atoms with Crippen molar-refractivity contribution in [2.45, 2.75) is 31.9 Å². The third-order valence-electron chi connectivity index (χ3n) is 5.74. The molecule has 0 radical (unpaired) electrons. The number of thioether (sulfide) groups is 1. The number of rotatable bonds is 4. The lowest BCUT2D eigenvalue weighted by molar-refractivity contribution is -0.131. The molecule has 2 aliphatic heterocycles. The first kappa shape index (κ1) is 22.3. The van der Waals surface area contributed by atoms with E-state index in [-0.39, 0.29) is 23.3 Å². The molecule has 2 aliphatic rings. The van der Waals surface area contributed by atoms with Crippen LogP contribution in [0.25, 0.3) is 6.08 Å². The number of hydrogen-bond acceptors (Lipinski definition) is 4. The Morgan fingerprint density at radius 2 is 1.78 bits per heavy atom. The van der Waals surface area contributed by atoms with Gasteiger partial charge in [-0.15, -0.1) is 0 Å². The zero-order chi connectivity index (χ0) is 22.7. The number of anilines is 1. The van der Waals surface area contributed by atoms with Gasteiger partial charge in [-0.1, -0.05) is 49.0 Å². The molecule has 1 saturated heterocycles. The van der Waals surface area contributed by atoms with E-state index in [0.29, 0.717) is 16.8 Å². The molecule has 7 heteroatoms. The van der Waals surface area contributed by atoms with Crippen LogP contribution in [0, 0.1) is 11.7 Å². The summed E-state index contributed by atoms with van der Waals surface area (Å²) in [6, 6.07) is 15.2. The largest absolute Gasteiger partial charge is 0.342 e. The summed E-state index contributed by atoms with van der Waals surface area (Å²) < 4.78 is 13.5. The van der Waals surface area contributed by atoms with E-state index in [1.54, 1.807) is 18.2 Å². The molecule has 166 valence electrons. The zero-order valence-electron chi connectivity index (χ0n) is 18.2. The standard InChI is InChI=1S/C25H26FN3O2S/c1-17-12-14-28(15-13-17)23(30)18(2)32-25-27-22(16-19-6-4-3-5-7-19)24(31)29(25)21-10-8-20(26)9-11-21/h3-11,16-18H,12-15H2,1-2H3/b22-16-. The highest BCUT2D eigenvalue weighted by molar-refractivity contribution is 8.15. The average molecular weight is 452 g/mol. The van der Waals surface area contributed by atoms with Gasteiger partial charge in [0, 0.05) is 13.1 Å². The van der Waals surface area contributed by atoms with Gasteiger partial charge in [0.25, 0.3) is 5.91 Å². The van der Waals surface area contributed by atoms with Gasteiger partial charge in [0.1, 0.15) is 11.5 Å². The molecule has 1 unspecified atom stereocenters. The summed E-state index contributed by atoms with van der Waals surface area (Å²) in [6.07, 6.45) is 3.74. The molecule has 4 rings (SSSR count). The van der Waals surface area contributed by atoms with Crippen LogP contribution in [0.3, 0.4) is 0 Å². The molecule has 0 saturated carbocycles. The molecule has 32 heavy (non-hydrogen) atoms. The average Bonchev–Trinajstić information content (AvgIpc) is 3.09. The number of benzene rings is 2. The monoisotopic (exact) mass is 451 g/mol. The van der Waals surface area contributed by atoms with Gasteiger partial charge >= 0.3 is 0 Å². The molecule has 0 N–H and O–H groups in total. The second-order valence-corrected chi connectivity index (χ2v) is 9.53. The number of carbonyl (C=O) groups excluding carboxylic acids is 2. The van der Waals surface area contributed by atoms with Crippen LogP contribution in [0.2, 0.25) is 0 Å². The van der Waals surface area contributed by atoms with Crippen LogP contribution in [0.15, 0.2) is 65.3 Å². The van der Waals surface area contributed by atoms with Crippen molar-refractivity contribution in [3.63, 3.8) is 0 Å². The van der Waals surface area contributed by atoms with Crippen molar-refractivity contribution < 1.29 is 14.0 Å². The van der Waals surface area contributed by atoms with Crippen molar-refractivity contribution in [2.75, 3.05) is 18.0 Å². The fourth-order valence-corrected chi connectivity index (χ4v) is 4.81. The van der Waals surface area contributed by atoms with E-state index < -0.39 is 5.25 Å². The van der Waals surface area contributed by atoms with Crippen LogP contribution in [-0.2, 0) is 9.59 Å². The predicted octanol–water partition coefficient (Wildman–Crippen LogP) is 4.95. The minimum absolute atomic E-state index is 0.0524. The summed E-state index contributed by atoms with van der Waals surface area (Å²) >= 11 is 1.26. The van der Waals surface area contributed by atoms with Gasteiger partial charge in [0.2, 0.25) is 5.91 Å². The highest BCUT2D eigenvalue weighted by Crippen LogP contribution is 2.32. The molecule has 2 amide bonds. The third-order valence-corrected chi connectivity index (χ3v) is 6.78. The van der Waals surface area contributed by atoms with E-state index in [9.17, 15) is 14.0 Å². The Bertz CT molecular complexity index is 1040. The molecule has 0 spiro atoms. The highest BCUT2D eigenvalue weighted by Gasteiger charge is 2.35. The summed E-state index contributed by atoms with van der Waals surface area (Å²) in [5.74, 6) is 0.0129. The number of likely N-dealkylation sites (tertiary alicyclic amines) is 1. The molecular formula is C25H26FN3O2S. The lowest BCUT2D eigenvalue weighted by atomic mass is 9.99. The molecule has 0 aliphatic carbocycles. The van der Waals surface area contributed by atoms with Crippen LogP contribution in [0.4, 0.5) is 10.1 Å². The number of amides is 2. The number of piperidine rings is 1. The van der Waals surface area contributed by atoms with Crippen LogP contribution >= 0.6 is 11.8 Å². The van der Waals surface area contributed by atoms with E-state index in [2.05, 4.69) is 11.9 Å². The quantitative estimate of drug-likeness (QED) is 0.618. The number of hydrogen-bond donors (Lipinski definition) is 0. The van der Waals surface area contributed by atoms with Crippen molar-refractivity contribution >= 4 is 40.5 Å². The first-order valence-corrected chi connectivity index (χ1v) is 11.7. The Morgan fingerprint density at radius 3 is 2.44 bits per heavy atom. The number of nitrogens with zero attached hydrogens (tertiary/aromatic N) is 3. The molecule has 1 fully saturated rings. The SMILES string of the molecule is CC1CCN(C(=O)C(C)SC2=N/C(=C\c3ccccc3)C(=O)N2c2ccc(F)cc2)CC1. The first-order valence-electron chi connectivity index (χ1n) is 10.8. The van der Waals surface area contributed by atoms with E-state index in [4.69, 9.17) is 0 Å². The minimum atomic E-state index is -0.394. The van der Waals surface area contributed by atoms with E-state index in [1.165, 1.54) is 28.8 Å². The second kappa shape index (κ2) is 9.69. The Morgan fingerprint density at radius 1 is 1.12 bits per heavy atom. The number of amidine groups is 1. The van der Waals surface area contributed by atoms with Gasteiger partial charge < -0.3 is 4.90 Å². The maximum atomic E-state index is 13.5. The van der Waals surface area contributed by atoms with Crippen LogP contribution in [0.1, 0.15) is 32.3 Å². The van der Waals surface area contributed by atoms with Crippen molar-refractivity contribution in [1.29, 1.82) is 0 Å². The van der Waals surface area contributed by atoms with Crippen LogP contribution in [-0.4, -0.2) is 40.2 Å². The van der Waals surface area contributed by atoms with Crippen molar-refractivity contribution in [3.8, 4) is 0 Å². The van der Waals surface area contributed by atoms with E-state index in [0.717, 1.165) is 31.5 Å². The van der Waals surface area contributed by atoms with Gasteiger partial charge in [-0.25, -0.2) is 9.38 Å². The molecule has 2 aromatic rings. The second-order valence-electron chi connectivity index (χ2n) is 8.22. The van der Waals surface area contributed by atoms with Crippen molar-refractivity contribution in [3.05, 3.63) is 71.7 Å². The third kappa shape index (κ3) is 4.93. The molecule has 2 aromatic carbocycles. The normalized spacial score (nSPS) is 19.4. The molecule has 5 nitrogen and oxygen atoms in total.